The highest BCUT2D eigenvalue weighted by Gasteiger charge is 2.34. The molecule has 1 aliphatic heterocycles. The predicted octanol–water partition coefficient (Wildman–Crippen LogP) is 2.34. The number of carbonyl (C=O) groups is 1. The van der Waals surface area contributed by atoms with Gasteiger partial charge in [0.1, 0.15) is 11.4 Å². The van der Waals surface area contributed by atoms with E-state index in [0.29, 0.717) is 25.4 Å². The summed E-state index contributed by atoms with van der Waals surface area (Å²) in [7, 11) is 0. The van der Waals surface area contributed by atoms with Gasteiger partial charge in [0.05, 0.1) is 24.5 Å². The highest BCUT2D eigenvalue weighted by Crippen LogP contribution is 2.25. The fourth-order valence-electron chi connectivity index (χ4n) is 2.88. The van der Waals surface area contributed by atoms with Crippen molar-refractivity contribution in [2.45, 2.75) is 19.9 Å². The summed E-state index contributed by atoms with van der Waals surface area (Å²) in [6, 6.07) is 9.52. The maximum absolute atomic E-state index is 12.3. The summed E-state index contributed by atoms with van der Waals surface area (Å²) in [5.41, 5.74) is 2.47. The zero-order valence-electron chi connectivity index (χ0n) is 14.6. The van der Waals surface area contributed by atoms with Crippen LogP contribution in [0, 0.1) is 6.92 Å². The van der Waals surface area contributed by atoms with Crippen LogP contribution < -0.4 is 4.74 Å². The first-order valence-electron chi connectivity index (χ1n) is 8.51. The predicted molar refractivity (Wildman–Crippen MR) is 92.8 cm³/mol. The Balaban J connectivity index is 1.39. The zero-order valence-corrected chi connectivity index (χ0v) is 14.6. The molecule has 0 radical (unpaired) electrons. The van der Waals surface area contributed by atoms with Crippen LogP contribution in [0.1, 0.15) is 29.2 Å². The molecule has 2 aromatic heterocycles. The van der Waals surface area contributed by atoms with Gasteiger partial charge >= 0.3 is 0 Å². The molecule has 1 aliphatic rings. The first kappa shape index (κ1) is 16.3. The molecule has 8 heteroatoms. The van der Waals surface area contributed by atoms with Crippen LogP contribution in [0.4, 0.5) is 0 Å². The largest absolute Gasteiger partial charge is 0.494 e. The molecule has 134 valence electrons. The molecule has 0 unspecified atom stereocenters. The van der Waals surface area contributed by atoms with E-state index in [0.717, 1.165) is 17.0 Å². The Kier molecular flexibility index (Phi) is 4.16. The molecule has 0 atom stereocenters. The van der Waals surface area contributed by atoms with Crippen LogP contribution in [-0.4, -0.2) is 50.7 Å². The number of amides is 1. The molecular weight excluding hydrogens is 334 g/mol. The van der Waals surface area contributed by atoms with Crippen molar-refractivity contribution >= 4 is 5.91 Å². The second-order valence-corrected chi connectivity index (χ2v) is 6.24. The van der Waals surface area contributed by atoms with Crippen molar-refractivity contribution < 1.29 is 14.1 Å². The van der Waals surface area contributed by atoms with Gasteiger partial charge in [0.15, 0.2) is 0 Å². The van der Waals surface area contributed by atoms with E-state index >= 15 is 0 Å². The van der Waals surface area contributed by atoms with Gasteiger partial charge in [-0.1, -0.05) is 10.4 Å². The lowest BCUT2D eigenvalue weighted by atomic mass is 10.1. The number of carbonyl (C=O) groups excluding carboxylic acids is 1. The molecule has 4 rings (SSSR count). The summed E-state index contributed by atoms with van der Waals surface area (Å²) in [5.74, 6) is 0.961. The minimum absolute atomic E-state index is 0.118. The molecule has 1 aromatic carbocycles. The number of aryl methyl sites for hydroxylation is 1. The van der Waals surface area contributed by atoms with Gasteiger partial charge in [-0.05, 0) is 38.1 Å². The number of aromatic nitrogens is 4. The van der Waals surface area contributed by atoms with Crippen LogP contribution in [0.15, 0.2) is 41.1 Å². The summed E-state index contributed by atoms with van der Waals surface area (Å²) in [4.78, 5) is 14.0. The van der Waals surface area contributed by atoms with Gasteiger partial charge in [-0.2, -0.15) is 0 Å². The molecule has 0 N–H and O–H groups in total. The van der Waals surface area contributed by atoms with Gasteiger partial charge in [-0.15, -0.1) is 5.10 Å². The van der Waals surface area contributed by atoms with Crippen LogP contribution in [-0.2, 0) is 0 Å². The quantitative estimate of drug-likeness (QED) is 0.700. The van der Waals surface area contributed by atoms with Crippen molar-refractivity contribution in [3.05, 3.63) is 48.0 Å². The van der Waals surface area contributed by atoms with Crippen LogP contribution in [0.2, 0.25) is 0 Å². The van der Waals surface area contributed by atoms with Crippen molar-refractivity contribution in [2.24, 2.45) is 0 Å². The van der Waals surface area contributed by atoms with E-state index < -0.39 is 0 Å². The van der Waals surface area contributed by atoms with Crippen LogP contribution in [0.25, 0.3) is 11.3 Å². The lowest BCUT2D eigenvalue weighted by molar-refractivity contribution is 0.0458. The molecule has 0 aliphatic carbocycles. The number of likely N-dealkylation sites (tertiary alicyclic amines) is 1. The number of nitrogens with zero attached hydrogens (tertiary/aromatic N) is 5. The van der Waals surface area contributed by atoms with Crippen molar-refractivity contribution in [2.75, 3.05) is 19.7 Å². The average molecular weight is 353 g/mol. The smallest absolute Gasteiger partial charge is 0.292 e. The number of hydrogen-bond acceptors (Lipinski definition) is 6. The van der Waals surface area contributed by atoms with Gasteiger partial charge < -0.3 is 14.2 Å². The van der Waals surface area contributed by atoms with Gasteiger partial charge in [-0.25, -0.2) is 4.68 Å². The number of hydrogen-bond donors (Lipinski definition) is 0. The van der Waals surface area contributed by atoms with Crippen LogP contribution >= 0.6 is 0 Å². The van der Waals surface area contributed by atoms with Gasteiger partial charge in [0.2, 0.25) is 5.76 Å². The van der Waals surface area contributed by atoms with Crippen molar-refractivity contribution in [3.63, 3.8) is 0 Å². The van der Waals surface area contributed by atoms with Crippen LogP contribution in [0.3, 0.4) is 0 Å². The highest BCUT2D eigenvalue weighted by molar-refractivity contribution is 5.92. The Bertz CT molecular complexity index is 909. The van der Waals surface area contributed by atoms with E-state index in [2.05, 4.69) is 15.5 Å². The third-order valence-electron chi connectivity index (χ3n) is 4.33. The van der Waals surface area contributed by atoms with Gasteiger partial charge in [0, 0.05) is 24.7 Å². The third-order valence-corrected chi connectivity index (χ3v) is 4.33. The van der Waals surface area contributed by atoms with Crippen molar-refractivity contribution in [3.8, 4) is 17.0 Å². The van der Waals surface area contributed by atoms with E-state index in [1.807, 2.05) is 37.4 Å². The molecule has 1 fully saturated rings. The van der Waals surface area contributed by atoms with E-state index in [9.17, 15) is 4.79 Å². The molecule has 1 saturated heterocycles. The number of ether oxygens (including phenoxy) is 1. The maximum Gasteiger partial charge on any atom is 0.292 e. The van der Waals surface area contributed by atoms with Gasteiger partial charge in [0.25, 0.3) is 5.91 Å². The average Bonchev–Trinajstić information content (AvgIpc) is 3.24. The summed E-state index contributed by atoms with van der Waals surface area (Å²) < 4.78 is 12.3. The molecule has 3 heterocycles. The number of benzene rings is 1. The molecule has 0 saturated carbocycles. The molecule has 8 nitrogen and oxygen atoms in total. The SMILES string of the molecule is CCOc1ccc(-c2cn(C3CN(C(=O)c4cc(C)no4)C3)nn2)cc1. The monoisotopic (exact) mass is 353 g/mol. The van der Waals surface area contributed by atoms with Crippen molar-refractivity contribution in [1.82, 2.24) is 25.1 Å². The van der Waals surface area contributed by atoms with Gasteiger partial charge in [-0.3, -0.25) is 4.79 Å². The highest BCUT2D eigenvalue weighted by atomic mass is 16.5. The second kappa shape index (κ2) is 6.62. The molecular formula is C18H19N5O3. The minimum atomic E-state index is -0.145. The topological polar surface area (TPSA) is 86.3 Å². The Labute approximate surface area is 150 Å². The number of rotatable bonds is 5. The first-order chi connectivity index (χ1) is 12.6. The maximum atomic E-state index is 12.3. The molecule has 26 heavy (non-hydrogen) atoms. The Hall–Kier alpha value is -3.16. The lowest BCUT2D eigenvalue weighted by Crippen LogP contribution is -2.50. The summed E-state index contributed by atoms with van der Waals surface area (Å²) in [6.45, 7) is 5.53. The molecule has 3 aromatic rings. The molecule has 1 amide bonds. The van der Waals surface area contributed by atoms with E-state index in [1.165, 1.54) is 0 Å². The van der Waals surface area contributed by atoms with E-state index in [4.69, 9.17) is 9.26 Å². The fraction of sp³-hybridized carbons (Fsp3) is 0.333. The zero-order chi connectivity index (χ0) is 18.1. The summed E-state index contributed by atoms with van der Waals surface area (Å²) >= 11 is 0. The third kappa shape index (κ3) is 3.05. The standard InChI is InChI=1S/C18H19N5O3/c1-3-25-15-6-4-13(5-7-15)16-11-23(21-19-16)14-9-22(10-14)18(24)17-8-12(2)20-26-17/h4-8,11,14H,3,9-10H2,1-2H3. The fourth-order valence-corrected chi connectivity index (χ4v) is 2.88. The first-order valence-corrected chi connectivity index (χ1v) is 8.51. The minimum Gasteiger partial charge on any atom is -0.494 e. The summed E-state index contributed by atoms with van der Waals surface area (Å²) in [5, 5.41) is 12.2. The Morgan fingerprint density at radius 2 is 2.08 bits per heavy atom. The Morgan fingerprint density at radius 1 is 1.31 bits per heavy atom. The normalized spacial score (nSPS) is 14.3. The molecule has 0 bridgehead atoms. The van der Waals surface area contributed by atoms with Crippen molar-refractivity contribution in [1.29, 1.82) is 0 Å². The second-order valence-electron chi connectivity index (χ2n) is 6.24. The Morgan fingerprint density at radius 3 is 2.73 bits per heavy atom. The van der Waals surface area contributed by atoms with Crippen LogP contribution in [0.5, 0.6) is 5.75 Å². The summed E-state index contributed by atoms with van der Waals surface area (Å²) in [6.07, 6.45) is 1.90. The van der Waals surface area contributed by atoms with E-state index in [1.54, 1.807) is 22.6 Å². The van der Waals surface area contributed by atoms with E-state index in [-0.39, 0.29) is 17.7 Å². The lowest BCUT2D eigenvalue weighted by Gasteiger charge is -2.38. The molecule has 0 spiro atoms.